The van der Waals surface area contributed by atoms with Crippen LogP contribution < -0.4 is 0 Å². The zero-order valence-corrected chi connectivity index (χ0v) is 19.9. The van der Waals surface area contributed by atoms with Crippen molar-refractivity contribution >= 4 is 28.5 Å². The van der Waals surface area contributed by atoms with Crippen LogP contribution in [0.4, 0.5) is 0 Å². The normalized spacial score (nSPS) is 23.8. The van der Waals surface area contributed by atoms with Crippen molar-refractivity contribution in [3.63, 3.8) is 0 Å². The smallest absolute Gasteiger partial charge is 0.213 e. The lowest BCUT2D eigenvalue weighted by Crippen LogP contribution is -2.06. The van der Waals surface area contributed by atoms with Crippen LogP contribution in [-0.4, -0.2) is 32.2 Å². The minimum Gasteiger partial charge on any atom is -0.345 e. The molecule has 172 valence electrons. The van der Waals surface area contributed by atoms with E-state index in [1.165, 1.54) is 36.8 Å². The summed E-state index contributed by atoms with van der Waals surface area (Å²) in [6.45, 7) is 2.47. The summed E-state index contributed by atoms with van der Waals surface area (Å²) in [7, 11) is 0. The fourth-order valence-electron chi connectivity index (χ4n) is 5.67. The maximum absolute atomic E-state index is 14.1. The van der Waals surface area contributed by atoms with Crippen LogP contribution >= 0.6 is 22.7 Å². The number of ether oxygens (including phenoxy) is 4. The highest BCUT2D eigenvalue weighted by atomic mass is 32.1. The van der Waals surface area contributed by atoms with Crippen LogP contribution in [0.2, 0.25) is 0 Å². The first-order chi connectivity index (χ1) is 15.8. The molecule has 6 rings (SSSR count). The Bertz CT molecular complexity index is 879. The van der Waals surface area contributed by atoms with Crippen LogP contribution in [0.1, 0.15) is 111 Å². The number of carbonyl (C=O) groups excluding carboxylic acids is 1. The van der Waals surface area contributed by atoms with Crippen molar-refractivity contribution in [3.8, 4) is 0 Å². The van der Waals surface area contributed by atoms with E-state index in [-0.39, 0.29) is 18.4 Å². The molecule has 2 aliphatic heterocycles. The molecule has 0 radical (unpaired) electrons. The third-order valence-electron chi connectivity index (χ3n) is 7.27. The molecule has 2 aromatic rings. The molecule has 4 heterocycles. The van der Waals surface area contributed by atoms with E-state index in [1.807, 2.05) is 0 Å². The van der Waals surface area contributed by atoms with E-state index in [1.54, 1.807) is 22.7 Å². The van der Waals surface area contributed by atoms with Crippen LogP contribution in [-0.2, 0) is 18.9 Å². The molecule has 4 aliphatic rings. The second-order valence-electron chi connectivity index (χ2n) is 9.31. The Morgan fingerprint density at radius 2 is 1.03 bits per heavy atom. The molecule has 0 atom stereocenters. The van der Waals surface area contributed by atoms with Crippen LogP contribution in [0.5, 0.6) is 0 Å². The summed E-state index contributed by atoms with van der Waals surface area (Å²) in [6.07, 6.45) is 8.98. The second-order valence-corrected chi connectivity index (χ2v) is 11.5. The molecule has 2 aromatic heterocycles. The molecule has 0 bridgehead atoms. The van der Waals surface area contributed by atoms with Crippen molar-refractivity contribution in [2.24, 2.45) is 0 Å². The first-order valence-corrected chi connectivity index (χ1v) is 13.7. The Kier molecular flexibility index (Phi) is 6.22. The van der Waals surface area contributed by atoms with Crippen molar-refractivity contribution in [2.45, 2.75) is 75.8 Å². The lowest BCUT2D eigenvalue weighted by Gasteiger charge is -2.12. The summed E-state index contributed by atoms with van der Waals surface area (Å²) < 4.78 is 23.1. The fourth-order valence-corrected chi connectivity index (χ4v) is 8.11. The Labute approximate surface area is 197 Å². The van der Waals surface area contributed by atoms with E-state index in [9.17, 15) is 4.79 Å². The third-order valence-corrected chi connectivity index (χ3v) is 9.61. The molecular formula is C25H30O5S2. The predicted molar refractivity (Wildman–Crippen MR) is 124 cm³/mol. The minimum atomic E-state index is -0.324. The molecule has 4 fully saturated rings. The lowest BCUT2D eigenvalue weighted by atomic mass is 9.93. The number of carbonyl (C=O) groups is 1. The van der Waals surface area contributed by atoms with Gasteiger partial charge in [-0.2, -0.15) is 0 Å². The highest BCUT2D eigenvalue weighted by Gasteiger charge is 2.34. The van der Waals surface area contributed by atoms with Crippen molar-refractivity contribution in [1.29, 1.82) is 0 Å². The van der Waals surface area contributed by atoms with Gasteiger partial charge < -0.3 is 18.9 Å². The molecule has 2 saturated heterocycles. The maximum atomic E-state index is 14.1. The summed E-state index contributed by atoms with van der Waals surface area (Å²) >= 11 is 3.17. The van der Waals surface area contributed by atoms with Crippen molar-refractivity contribution in [2.75, 3.05) is 26.4 Å². The van der Waals surface area contributed by atoms with Gasteiger partial charge in [-0.25, -0.2) is 0 Å². The van der Waals surface area contributed by atoms with E-state index in [4.69, 9.17) is 18.9 Å². The van der Waals surface area contributed by atoms with Crippen molar-refractivity contribution in [1.82, 2.24) is 0 Å². The number of hydrogen-bond donors (Lipinski definition) is 0. The molecule has 2 saturated carbocycles. The Morgan fingerprint density at radius 3 is 1.41 bits per heavy atom. The average molecular weight is 475 g/mol. The summed E-state index contributed by atoms with van der Waals surface area (Å²) in [5.74, 6) is 1.12. The van der Waals surface area contributed by atoms with Gasteiger partial charge in [-0.3, -0.25) is 4.79 Å². The monoisotopic (exact) mass is 474 g/mol. The van der Waals surface area contributed by atoms with Gasteiger partial charge in [-0.1, -0.05) is 25.7 Å². The highest BCUT2D eigenvalue weighted by Crippen LogP contribution is 2.46. The van der Waals surface area contributed by atoms with E-state index < -0.39 is 0 Å². The molecule has 0 unspecified atom stereocenters. The maximum Gasteiger partial charge on any atom is 0.213 e. The van der Waals surface area contributed by atoms with Gasteiger partial charge >= 0.3 is 0 Å². The van der Waals surface area contributed by atoms with Crippen molar-refractivity contribution < 1.29 is 23.7 Å². The van der Waals surface area contributed by atoms with Gasteiger partial charge in [0.05, 0.1) is 45.9 Å². The SMILES string of the molecule is O=C(c1sc(C2OCCO2)cc1C1CCCC1)c1sc(C2OCCO2)cc1C1CCCC1. The molecule has 0 spiro atoms. The van der Waals surface area contributed by atoms with Gasteiger partial charge in [-0.15, -0.1) is 22.7 Å². The summed E-state index contributed by atoms with van der Waals surface area (Å²) in [6, 6.07) is 4.41. The fraction of sp³-hybridized carbons (Fsp3) is 0.640. The van der Waals surface area contributed by atoms with Gasteiger partial charge in [0.15, 0.2) is 12.6 Å². The highest BCUT2D eigenvalue weighted by molar-refractivity contribution is 7.18. The second kappa shape index (κ2) is 9.28. The van der Waals surface area contributed by atoms with Gasteiger partial charge in [-0.05, 0) is 60.8 Å². The number of rotatable bonds is 6. The number of ketones is 1. The number of thiophene rings is 2. The van der Waals surface area contributed by atoms with Crippen LogP contribution in [0.25, 0.3) is 0 Å². The quantitative estimate of drug-likeness (QED) is 0.451. The molecule has 5 nitrogen and oxygen atoms in total. The third kappa shape index (κ3) is 4.01. The van der Waals surface area contributed by atoms with Gasteiger partial charge in [0.25, 0.3) is 0 Å². The van der Waals surface area contributed by atoms with Crippen LogP contribution in [0, 0.1) is 0 Å². The van der Waals surface area contributed by atoms with Gasteiger partial charge in [0.2, 0.25) is 5.78 Å². The lowest BCUT2D eigenvalue weighted by molar-refractivity contribution is -0.0415. The Hall–Kier alpha value is -1.09. The molecule has 0 aromatic carbocycles. The average Bonchev–Trinajstić information content (AvgIpc) is 3.66. The molecule has 7 heteroatoms. The van der Waals surface area contributed by atoms with Gasteiger partial charge in [0.1, 0.15) is 0 Å². The predicted octanol–water partition coefficient (Wildman–Crippen LogP) is 6.45. The van der Waals surface area contributed by atoms with Crippen LogP contribution in [0.3, 0.4) is 0 Å². The topological polar surface area (TPSA) is 54.0 Å². The molecular weight excluding hydrogens is 444 g/mol. The van der Waals surface area contributed by atoms with Crippen LogP contribution in [0.15, 0.2) is 12.1 Å². The summed E-state index contributed by atoms with van der Waals surface area (Å²) in [4.78, 5) is 18.0. The molecule has 2 aliphatic carbocycles. The number of hydrogen-bond acceptors (Lipinski definition) is 7. The first-order valence-electron chi connectivity index (χ1n) is 12.1. The van der Waals surface area contributed by atoms with E-state index in [0.29, 0.717) is 38.3 Å². The largest absolute Gasteiger partial charge is 0.345 e. The van der Waals surface area contributed by atoms with Crippen molar-refractivity contribution in [3.05, 3.63) is 42.8 Å². The Balaban J connectivity index is 1.39. The standard InChI is InChI=1S/C25H30O5S2/c26-21(22-17(15-5-1-2-6-15)13-19(31-22)24-27-9-10-28-24)23-18(16-7-3-4-8-16)14-20(32-23)25-29-11-12-30-25/h13-16,24-25H,1-12H2. The van der Waals surface area contributed by atoms with E-state index >= 15 is 0 Å². The summed E-state index contributed by atoms with van der Waals surface area (Å²) in [5, 5.41) is 0. The molecule has 0 N–H and O–H groups in total. The zero-order valence-electron chi connectivity index (χ0n) is 18.3. The van der Waals surface area contributed by atoms with Gasteiger partial charge in [0, 0.05) is 0 Å². The van der Waals surface area contributed by atoms with E-state index in [2.05, 4.69) is 12.1 Å². The Morgan fingerprint density at radius 1 is 0.656 bits per heavy atom. The minimum absolute atomic E-state index is 0.178. The molecule has 32 heavy (non-hydrogen) atoms. The van der Waals surface area contributed by atoms with E-state index in [0.717, 1.165) is 45.2 Å². The summed E-state index contributed by atoms with van der Waals surface area (Å²) in [5.41, 5.74) is 2.43. The molecule has 0 amide bonds. The first kappa shape index (κ1) is 21.4. The zero-order chi connectivity index (χ0) is 21.5.